The summed E-state index contributed by atoms with van der Waals surface area (Å²) >= 11 is 0. The number of carbonyl (C=O) groups is 2. The van der Waals surface area contributed by atoms with Gasteiger partial charge in [-0.05, 0) is 55.0 Å². The number of hydrogen-bond acceptors (Lipinski definition) is 4. The summed E-state index contributed by atoms with van der Waals surface area (Å²) in [6.45, 7) is 1.75. The molecule has 1 aromatic heterocycles. The molecule has 0 aliphatic rings. The summed E-state index contributed by atoms with van der Waals surface area (Å²) in [5.41, 5.74) is 2.22. The van der Waals surface area contributed by atoms with Crippen LogP contribution in [0.5, 0.6) is 5.75 Å². The second-order valence-electron chi connectivity index (χ2n) is 8.17. The van der Waals surface area contributed by atoms with Gasteiger partial charge >= 0.3 is 0 Å². The van der Waals surface area contributed by atoms with Crippen molar-refractivity contribution in [3.05, 3.63) is 106 Å². The summed E-state index contributed by atoms with van der Waals surface area (Å²) in [4.78, 5) is 38.5. The minimum absolute atomic E-state index is 0.0560. The first-order valence-electron chi connectivity index (χ1n) is 11.2. The highest BCUT2D eigenvalue weighted by Crippen LogP contribution is 2.19. The smallest absolute Gasteiger partial charge is 0.295 e. The second kappa shape index (κ2) is 10.3. The molecule has 0 spiro atoms. The molecule has 0 saturated carbocycles. The zero-order valence-corrected chi connectivity index (χ0v) is 20.0. The molecule has 2 N–H and O–H groups in total. The van der Waals surface area contributed by atoms with Crippen molar-refractivity contribution in [3.8, 4) is 11.4 Å². The Morgan fingerprint density at radius 3 is 2.42 bits per heavy atom. The third-order valence-electron chi connectivity index (χ3n) is 5.78. The van der Waals surface area contributed by atoms with Crippen LogP contribution in [0.1, 0.15) is 21.6 Å². The molecule has 0 unspecified atom stereocenters. The van der Waals surface area contributed by atoms with Crippen LogP contribution in [-0.2, 0) is 18.3 Å². The maximum atomic E-state index is 13.9. The highest BCUT2D eigenvalue weighted by atomic mass is 19.1. The number of aromatic nitrogens is 2. The fourth-order valence-corrected chi connectivity index (χ4v) is 3.85. The molecule has 36 heavy (non-hydrogen) atoms. The van der Waals surface area contributed by atoms with E-state index in [1.54, 1.807) is 55.1 Å². The van der Waals surface area contributed by atoms with Gasteiger partial charge in [0.25, 0.3) is 11.5 Å². The number of para-hydroxylation sites is 1. The van der Waals surface area contributed by atoms with Crippen molar-refractivity contribution in [3.63, 3.8) is 0 Å². The molecule has 184 valence electrons. The van der Waals surface area contributed by atoms with Crippen LogP contribution in [0.2, 0.25) is 0 Å². The number of rotatable bonds is 7. The number of hydrogen-bond donors (Lipinski definition) is 2. The molecular weight excluding hydrogens is 463 g/mol. The summed E-state index contributed by atoms with van der Waals surface area (Å²) in [5, 5.41) is 5.42. The van der Waals surface area contributed by atoms with Crippen molar-refractivity contribution >= 4 is 23.2 Å². The minimum Gasteiger partial charge on any atom is -0.494 e. The van der Waals surface area contributed by atoms with Crippen molar-refractivity contribution in [1.82, 2.24) is 9.36 Å². The predicted octanol–water partition coefficient (Wildman–Crippen LogP) is 4.07. The van der Waals surface area contributed by atoms with Crippen molar-refractivity contribution in [2.45, 2.75) is 13.3 Å². The van der Waals surface area contributed by atoms with E-state index in [4.69, 9.17) is 4.74 Å². The van der Waals surface area contributed by atoms with E-state index in [0.717, 1.165) is 0 Å². The van der Waals surface area contributed by atoms with Crippen LogP contribution in [0.15, 0.2) is 77.6 Å². The van der Waals surface area contributed by atoms with Gasteiger partial charge in [-0.25, -0.2) is 9.07 Å². The van der Waals surface area contributed by atoms with Crippen LogP contribution in [-0.4, -0.2) is 28.3 Å². The molecule has 4 aromatic rings. The van der Waals surface area contributed by atoms with Gasteiger partial charge in [0.2, 0.25) is 5.91 Å². The Morgan fingerprint density at radius 1 is 0.972 bits per heavy atom. The Bertz CT molecular complexity index is 1490. The maximum absolute atomic E-state index is 13.9. The van der Waals surface area contributed by atoms with Gasteiger partial charge in [-0.2, -0.15) is 0 Å². The van der Waals surface area contributed by atoms with E-state index in [9.17, 15) is 18.8 Å². The van der Waals surface area contributed by atoms with Crippen LogP contribution in [0.4, 0.5) is 15.8 Å². The molecule has 3 aromatic carbocycles. The molecule has 9 heteroatoms. The van der Waals surface area contributed by atoms with Crippen LogP contribution in [0.3, 0.4) is 0 Å². The molecule has 0 radical (unpaired) electrons. The number of amides is 2. The lowest BCUT2D eigenvalue weighted by Gasteiger charge is -2.09. The van der Waals surface area contributed by atoms with Gasteiger partial charge < -0.3 is 15.4 Å². The second-order valence-corrected chi connectivity index (χ2v) is 8.17. The molecule has 8 nitrogen and oxygen atoms in total. The molecule has 0 aliphatic carbocycles. The molecule has 0 fully saturated rings. The van der Waals surface area contributed by atoms with E-state index in [0.29, 0.717) is 22.6 Å². The number of ether oxygens (including phenoxy) is 1. The van der Waals surface area contributed by atoms with E-state index in [1.165, 1.54) is 30.0 Å². The molecule has 0 atom stereocenters. The van der Waals surface area contributed by atoms with Crippen molar-refractivity contribution in [1.29, 1.82) is 0 Å². The highest BCUT2D eigenvalue weighted by Gasteiger charge is 2.19. The summed E-state index contributed by atoms with van der Waals surface area (Å²) in [5.74, 6) is -1.32. The summed E-state index contributed by atoms with van der Waals surface area (Å²) in [6.07, 6.45) is -0.0560. The van der Waals surface area contributed by atoms with E-state index >= 15 is 0 Å². The van der Waals surface area contributed by atoms with Crippen LogP contribution < -0.4 is 20.9 Å². The van der Waals surface area contributed by atoms with E-state index in [2.05, 4.69) is 10.6 Å². The SMILES string of the molecule is COc1ccc(CC(=O)Nc2cccc(C(=O)Nc3c(C)n(C)n(-c4ccccc4)c3=O)c2)cc1F. The first kappa shape index (κ1) is 24.5. The average molecular weight is 489 g/mol. The first-order valence-corrected chi connectivity index (χ1v) is 11.2. The van der Waals surface area contributed by atoms with Crippen molar-refractivity contribution < 1.29 is 18.7 Å². The lowest BCUT2D eigenvalue weighted by atomic mass is 10.1. The topological polar surface area (TPSA) is 94.4 Å². The molecule has 2 amide bonds. The number of benzene rings is 3. The molecule has 0 saturated heterocycles. The van der Waals surface area contributed by atoms with Gasteiger partial charge in [0.15, 0.2) is 11.6 Å². The quantitative estimate of drug-likeness (QED) is 0.410. The third kappa shape index (κ3) is 5.05. The number of methoxy groups -OCH3 is 1. The Balaban J connectivity index is 1.49. The van der Waals surface area contributed by atoms with E-state index < -0.39 is 11.7 Å². The van der Waals surface area contributed by atoms with Gasteiger partial charge in [-0.1, -0.05) is 30.3 Å². The zero-order chi connectivity index (χ0) is 25.8. The normalized spacial score (nSPS) is 10.7. The Hall–Kier alpha value is -4.66. The minimum atomic E-state index is -0.552. The molecule has 4 rings (SSSR count). The summed E-state index contributed by atoms with van der Waals surface area (Å²) in [7, 11) is 3.11. The van der Waals surface area contributed by atoms with E-state index in [1.807, 2.05) is 18.2 Å². The van der Waals surface area contributed by atoms with Crippen molar-refractivity contribution in [2.75, 3.05) is 17.7 Å². The number of nitrogens with one attached hydrogen (secondary N) is 2. The number of halogens is 1. The van der Waals surface area contributed by atoms with Crippen LogP contribution >= 0.6 is 0 Å². The molecule has 1 heterocycles. The van der Waals surface area contributed by atoms with Gasteiger partial charge in [-0.3, -0.25) is 19.1 Å². The summed E-state index contributed by atoms with van der Waals surface area (Å²) < 4.78 is 21.9. The number of carbonyl (C=O) groups excluding carboxylic acids is 2. The number of nitrogens with zero attached hydrogens (tertiary/aromatic N) is 2. The van der Waals surface area contributed by atoms with Gasteiger partial charge in [0, 0.05) is 18.3 Å². The number of anilines is 2. The molecule has 0 bridgehead atoms. The highest BCUT2D eigenvalue weighted by molar-refractivity contribution is 6.05. The fourth-order valence-electron chi connectivity index (χ4n) is 3.85. The molecule has 0 aliphatic heterocycles. The summed E-state index contributed by atoms with van der Waals surface area (Å²) in [6, 6.07) is 19.8. The van der Waals surface area contributed by atoms with Crippen LogP contribution in [0, 0.1) is 12.7 Å². The standard InChI is InChI=1S/C27H25FN4O4/c1-17-25(27(35)32(31(17)2)21-10-5-4-6-11-21)30-26(34)19-8-7-9-20(16-19)29-24(33)15-18-12-13-23(36-3)22(28)14-18/h4-14,16H,15H2,1-3H3,(H,29,33)(H,30,34). The van der Waals surface area contributed by atoms with E-state index in [-0.39, 0.29) is 34.9 Å². The zero-order valence-electron chi connectivity index (χ0n) is 20.0. The van der Waals surface area contributed by atoms with Crippen molar-refractivity contribution in [2.24, 2.45) is 7.05 Å². The third-order valence-corrected chi connectivity index (χ3v) is 5.78. The Labute approximate surface area is 206 Å². The lowest BCUT2D eigenvalue weighted by molar-refractivity contribution is -0.115. The fraction of sp³-hybridized carbons (Fsp3) is 0.148. The predicted molar refractivity (Wildman–Crippen MR) is 135 cm³/mol. The monoisotopic (exact) mass is 488 g/mol. The maximum Gasteiger partial charge on any atom is 0.295 e. The van der Waals surface area contributed by atoms with Gasteiger partial charge in [0.05, 0.1) is 24.9 Å². The Morgan fingerprint density at radius 2 is 1.72 bits per heavy atom. The molecular formula is C27H25FN4O4. The average Bonchev–Trinajstić information content (AvgIpc) is 3.07. The lowest BCUT2D eigenvalue weighted by Crippen LogP contribution is -2.23. The first-order chi connectivity index (χ1) is 17.3. The Kier molecular flexibility index (Phi) is 7.00. The van der Waals surface area contributed by atoms with Gasteiger partial charge in [-0.15, -0.1) is 0 Å². The largest absolute Gasteiger partial charge is 0.494 e. The van der Waals surface area contributed by atoms with Gasteiger partial charge in [0.1, 0.15) is 5.69 Å². The van der Waals surface area contributed by atoms with Crippen LogP contribution in [0.25, 0.3) is 5.69 Å².